The van der Waals surface area contributed by atoms with Crippen molar-refractivity contribution in [2.75, 3.05) is 13.4 Å². The van der Waals surface area contributed by atoms with Gasteiger partial charge in [0.05, 0.1) is 12.1 Å². The van der Waals surface area contributed by atoms with Crippen molar-refractivity contribution in [1.82, 2.24) is 5.32 Å². The molecule has 1 amide bonds. The lowest BCUT2D eigenvalue weighted by Gasteiger charge is -2.27. The first kappa shape index (κ1) is 13.9. The van der Waals surface area contributed by atoms with Gasteiger partial charge in [0, 0.05) is 6.08 Å². The van der Waals surface area contributed by atoms with Crippen molar-refractivity contribution >= 4 is 12.0 Å². The Hall–Kier alpha value is -2.01. The van der Waals surface area contributed by atoms with Crippen molar-refractivity contribution in [3.8, 4) is 11.5 Å². The van der Waals surface area contributed by atoms with Gasteiger partial charge in [0.15, 0.2) is 11.5 Å². The molecule has 2 aliphatic rings. The van der Waals surface area contributed by atoms with Gasteiger partial charge in [-0.1, -0.05) is 18.9 Å². The Balaban J connectivity index is 1.64. The molecular formula is C16H19NO4. The highest BCUT2D eigenvalue weighted by Gasteiger charge is 2.33. The van der Waals surface area contributed by atoms with E-state index in [1.807, 2.05) is 18.2 Å². The molecule has 21 heavy (non-hydrogen) atoms. The van der Waals surface area contributed by atoms with E-state index in [1.54, 1.807) is 6.08 Å². The van der Waals surface area contributed by atoms with Gasteiger partial charge in [0.2, 0.25) is 12.7 Å². The molecule has 1 saturated carbocycles. The molecule has 2 N–H and O–H groups in total. The van der Waals surface area contributed by atoms with Gasteiger partial charge in [-0.05, 0) is 36.6 Å². The first-order chi connectivity index (χ1) is 10.2. The highest BCUT2D eigenvalue weighted by atomic mass is 16.7. The van der Waals surface area contributed by atoms with Crippen LogP contribution in [0.4, 0.5) is 0 Å². The van der Waals surface area contributed by atoms with Crippen LogP contribution in [-0.4, -0.2) is 30.0 Å². The van der Waals surface area contributed by atoms with Crippen LogP contribution in [0.15, 0.2) is 24.3 Å². The maximum Gasteiger partial charge on any atom is 0.244 e. The SMILES string of the molecule is O=C(C=Cc1ccc2c(c1)OCO2)NC1(CO)CCCC1. The first-order valence-corrected chi connectivity index (χ1v) is 7.22. The summed E-state index contributed by atoms with van der Waals surface area (Å²) in [4.78, 5) is 12.0. The zero-order valence-corrected chi connectivity index (χ0v) is 11.8. The molecule has 1 aliphatic carbocycles. The van der Waals surface area contributed by atoms with Crippen LogP contribution in [0.2, 0.25) is 0 Å². The van der Waals surface area contributed by atoms with E-state index in [0.717, 1.165) is 37.0 Å². The van der Waals surface area contributed by atoms with Gasteiger partial charge in [-0.25, -0.2) is 0 Å². The van der Waals surface area contributed by atoms with Crippen molar-refractivity contribution in [3.63, 3.8) is 0 Å². The summed E-state index contributed by atoms with van der Waals surface area (Å²) in [7, 11) is 0. The first-order valence-electron chi connectivity index (χ1n) is 7.22. The molecule has 0 unspecified atom stereocenters. The van der Waals surface area contributed by atoms with E-state index >= 15 is 0 Å². The van der Waals surface area contributed by atoms with Gasteiger partial charge in [0.25, 0.3) is 0 Å². The van der Waals surface area contributed by atoms with Crippen LogP contribution in [-0.2, 0) is 4.79 Å². The fourth-order valence-electron chi connectivity index (χ4n) is 2.87. The van der Waals surface area contributed by atoms with Gasteiger partial charge in [-0.3, -0.25) is 4.79 Å². The van der Waals surface area contributed by atoms with Crippen LogP contribution in [0, 0.1) is 0 Å². The summed E-state index contributed by atoms with van der Waals surface area (Å²) in [6.07, 6.45) is 7.00. The van der Waals surface area contributed by atoms with Crippen molar-refractivity contribution in [2.24, 2.45) is 0 Å². The second kappa shape index (κ2) is 5.77. The summed E-state index contributed by atoms with van der Waals surface area (Å²) in [5.41, 5.74) is 0.440. The molecule has 112 valence electrons. The summed E-state index contributed by atoms with van der Waals surface area (Å²) >= 11 is 0. The van der Waals surface area contributed by atoms with Gasteiger partial charge < -0.3 is 19.9 Å². The molecule has 0 aromatic heterocycles. The molecule has 0 radical (unpaired) electrons. The van der Waals surface area contributed by atoms with E-state index < -0.39 is 5.54 Å². The molecule has 0 saturated heterocycles. The number of hydrogen-bond acceptors (Lipinski definition) is 4. The predicted molar refractivity (Wildman–Crippen MR) is 78.0 cm³/mol. The number of carbonyl (C=O) groups is 1. The molecule has 0 atom stereocenters. The van der Waals surface area contributed by atoms with E-state index in [0.29, 0.717) is 5.75 Å². The van der Waals surface area contributed by atoms with Crippen LogP contribution < -0.4 is 14.8 Å². The van der Waals surface area contributed by atoms with E-state index in [2.05, 4.69) is 5.32 Å². The number of ether oxygens (including phenoxy) is 2. The Morgan fingerprint density at radius 3 is 2.81 bits per heavy atom. The third-order valence-electron chi connectivity index (χ3n) is 4.08. The van der Waals surface area contributed by atoms with Gasteiger partial charge in [0.1, 0.15) is 0 Å². The largest absolute Gasteiger partial charge is 0.454 e. The molecule has 1 aromatic rings. The minimum Gasteiger partial charge on any atom is -0.454 e. The minimum absolute atomic E-state index is 0.00337. The maximum atomic E-state index is 12.0. The molecule has 5 nitrogen and oxygen atoms in total. The van der Waals surface area contributed by atoms with Crippen LogP contribution in [0.3, 0.4) is 0 Å². The van der Waals surface area contributed by atoms with E-state index in [1.165, 1.54) is 6.08 Å². The topological polar surface area (TPSA) is 67.8 Å². The van der Waals surface area contributed by atoms with E-state index in [-0.39, 0.29) is 19.3 Å². The molecule has 1 fully saturated rings. The van der Waals surface area contributed by atoms with Crippen LogP contribution in [0.5, 0.6) is 11.5 Å². The van der Waals surface area contributed by atoms with Crippen LogP contribution in [0.25, 0.3) is 6.08 Å². The predicted octanol–water partition coefficient (Wildman–Crippen LogP) is 1.85. The quantitative estimate of drug-likeness (QED) is 0.830. The molecular weight excluding hydrogens is 270 g/mol. The second-order valence-corrected chi connectivity index (χ2v) is 5.58. The number of aliphatic hydroxyl groups is 1. The molecule has 3 rings (SSSR count). The summed E-state index contributed by atoms with van der Waals surface area (Å²) in [5.74, 6) is 1.24. The number of nitrogens with one attached hydrogen (secondary N) is 1. The maximum absolute atomic E-state index is 12.0. The Kier molecular flexibility index (Phi) is 3.84. The van der Waals surface area contributed by atoms with Crippen LogP contribution in [0.1, 0.15) is 31.2 Å². The van der Waals surface area contributed by atoms with Gasteiger partial charge in [-0.15, -0.1) is 0 Å². The number of fused-ring (bicyclic) bond motifs is 1. The Bertz CT molecular complexity index is 561. The summed E-state index contributed by atoms with van der Waals surface area (Å²) in [5, 5.41) is 12.4. The third-order valence-corrected chi connectivity index (χ3v) is 4.08. The Morgan fingerprint density at radius 1 is 1.29 bits per heavy atom. The average molecular weight is 289 g/mol. The minimum atomic E-state index is -0.434. The number of carbonyl (C=O) groups excluding carboxylic acids is 1. The molecule has 0 spiro atoms. The summed E-state index contributed by atoms with van der Waals surface area (Å²) < 4.78 is 10.5. The number of rotatable bonds is 4. The van der Waals surface area contributed by atoms with Gasteiger partial charge in [-0.2, -0.15) is 0 Å². The van der Waals surface area contributed by atoms with Crippen molar-refractivity contribution < 1.29 is 19.4 Å². The fraction of sp³-hybridized carbons (Fsp3) is 0.438. The Labute approximate surface area is 123 Å². The molecule has 1 heterocycles. The summed E-state index contributed by atoms with van der Waals surface area (Å²) in [6.45, 7) is 0.235. The zero-order chi connectivity index (χ0) is 14.7. The number of hydrogen-bond donors (Lipinski definition) is 2. The monoisotopic (exact) mass is 289 g/mol. The molecule has 1 aromatic carbocycles. The third kappa shape index (κ3) is 3.03. The lowest BCUT2D eigenvalue weighted by molar-refractivity contribution is -0.118. The smallest absolute Gasteiger partial charge is 0.244 e. The van der Waals surface area contributed by atoms with E-state index in [9.17, 15) is 9.90 Å². The average Bonchev–Trinajstić information content (AvgIpc) is 3.14. The Morgan fingerprint density at radius 2 is 2.05 bits per heavy atom. The highest BCUT2D eigenvalue weighted by molar-refractivity contribution is 5.92. The normalized spacial score (nSPS) is 19.1. The lowest BCUT2D eigenvalue weighted by atomic mass is 9.99. The second-order valence-electron chi connectivity index (χ2n) is 5.58. The molecule has 5 heteroatoms. The standard InChI is InChI=1S/C16H19NO4/c18-10-16(7-1-2-8-16)17-15(19)6-4-12-3-5-13-14(9-12)21-11-20-13/h3-6,9,18H,1-2,7-8,10-11H2,(H,17,19). The number of aliphatic hydroxyl groups excluding tert-OH is 1. The number of benzene rings is 1. The fourth-order valence-corrected chi connectivity index (χ4v) is 2.87. The number of amides is 1. The lowest BCUT2D eigenvalue weighted by Crippen LogP contribution is -2.48. The summed E-state index contributed by atoms with van der Waals surface area (Å²) in [6, 6.07) is 5.53. The van der Waals surface area contributed by atoms with Crippen molar-refractivity contribution in [2.45, 2.75) is 31.2 Å². The molecule has 1 aliphatic heterocycles. The van der Waals surface area contributed by atoms with E-state index in [4.69, 9.17) is 9.47 Å². The zero-order valence-electron chi connectivity index (χ0n) is 11.8. The van der Waals surface area contributed by atoms with Crippen LogP contribution >= 0.6 is 0 Å². The van der Waals surface area contributed by atoms with Gasteiger partial charge >= 0.3 is 0 Å². The van der Waals surface area contributed by atoms with Crippen molar-refractivity contribution in [1.29, 1.82) is 0 Å². The molecule has 0 bridgehead atoms. The highest BCUT2D eigenvalue weighted by Crippen LogP contribution is 2.33. The van der Waals surface area contributed by atoms with Crippen molar-refractivity contribution in [3.05, 3.63) is 29.8 Å².